The minimum absolute atomic E-state index is 0.247. The second kappa shape index (κ2) is 6.51. The molecule has 0 spiro atoms. The highest BCUT2D eigenvalue weighted by atomic mass is 19.1. The van der Waals surface area contributed by atoms with Crippen LogP contribution in [0, 0.1) is 11.6 Å². The second-order valence-electron chi connectivity index (χ2n) is 5.46. The van der Waals surface area contributed by atoms with Gasteiger partial charge in [-0.1, -0.05) is 0 Å². The number of carbonyl (C=O) groups excluding carboxylic acids is 1. The van der Waals surface area contributed by atoms with Gasteiger partial charge in [-0.2, -0.15) is 0 Å². The number of hydrogen-bond acceptors (Lipinski definition) is 3. The molecule has 7 heteroatoms. The van der Waals surface area contributed by atoms with Gasteiger partial charge in [0.15, 0.2) is 0 Å². The number of ether oxygens (including phenoxy) is 1. The molecule has 0 bridgehead atoms. The summed E-state index contributed by atoms with van der Waals surface area (Å²) in [6.45, 7) is 4.88. The molecular formula is C14H17F2NO4. The van der Waals surface area contributed by atoms with Crippen molar-refractivity contribution in [2.24, 2.45) is 0 Å². The van der Waals surface area contributed by atoms with Crippen molar-refractivity contribution >= 4 is 12.1 Å². The van der Waals surface area contributed by atoms with Gasteiger partial charge in [-0.25, -0.2) is 13.6 Å². The molecule has 116 valence electrons. The standard InChI is InChI=1S/C14H17F2NO4/c1-14(2,3)21-13(20)17-11(7-12(18)19)9-6-8(15)4-5-10(9)16/h4-6,11H,7H2,1-3H3,(H,17,20)(H,18,19)/t11-/m0/s1. The summed E-state index contributed by atoms with van der Waals surface area (Å²) >= 11 is 0. The number of hydrogen-bond donors (Lipinski definition) is 2. The van der Waals surface area contributed by atoms with Gasteiger partial charge in [-0.15, -0.1) is 0 Å². The summed E-state index contributed by atoms with van der Waals surface area (Å²) in [6, 6.07) is 1.40. The quantitative estimate of drug-likeness (QED) is 0.896. The van der Waals surface area contributed by atoms with E-state index >= 15 is 0 Å². The van der Waals surface area contributed by atoms with Crippen molar-refractivity contribution in [1.82, 2.24) is 5.32 Å². The van der Waals surface area contributed by atoms with E-state index in [0.717, 1.165) is 18.2 Å². The van der Waals surface area contributed by atoms with Crippen molar-refractivity contribution < 1.29 is 28.2 Å². The van der Waals surface area contributed by atoms with Gasteiger partial charge in [0.25, 0.3) is 0 Å². The maximum atomic E-state index is 13.7. The first-order chi connectivity index (χ1) is 9.58. The normalized spacial score (nSPS) is 12.6. The molecule has 0 saturated heterocycles. The number of halogens is 2. The lowest BCUT2D eigenvalue weighted by Gasteiger charge is -2.23. The van der Waals surface area contributed by atoms with Crippen molar-refractivity contribution in [3.8, 4) is 0 Å². The molecule has 5 nitrogen and oxygen atoms in total. The summed E-state index contributed by atoms with van der Waals surface area (Å²) in [5.74, 6) is -2.80. The van der Waals surface area contributed by atoms with E-state index in [2.05, 4.69) is 5.32 Å². The summed E-state index contributed by atoms with van der Waals surface area (Å²) in [4.78, 5) is 22.5. The number of alkyl carbamates (subject to hydrolysis) is 1. The Hall–Kier alpha value is -2.18. The Morgan fingerprint density at radius 1 is 1.33 bits per heavy atom. The Bertz CT molecular complexity index is 540. The van der Waals surface area contributed by atoms with Gasteiger partial charge in [-0.3, -0.25) is 4.79 Å². The highest BCUT2D eigenvalue weighted by molar-refractivity contribution is 5.72. The van der Waals surface area contributed by atoms with Crippen LogP contribution in [0.15, 0.2) is 18.2 Å². The topological polar surface area (TPSA) is 75.6 Å². The zero-order valence-electron chi connectivity index (χ0n) is 11.9. The number of rotatable bonds is 4. The Morgan fingerprint density at radius 3 is 2.48 bits per heavy atom. The maximum absolute atomic E-state index is 13.7. The molecular weight excluding hydrogens is 284 g/mol. The molecule has 1 aromatic rings. The van der Waals surface area contributed by atoms with Crippen molar-refractivity contribution in [2.45, 2.75) is 38.8 Å². The smallest absolute Gasteiger partial charge is 0.408 e. The van der Waals surface area contributed by atoms with E-state index in [1.54, 1.807) is 20.8 Å². The molecule has 0 radical (unpaired) electrons. The zero-order valence-corrected chi connectivity index (χ0v) is 11.9. The van der Waals surface area contributed by atoms with Crippen LogP contribution in [0.4, 0.5) is 13.6 Å². The van der Waals surface area contributed by atoms with Crippen molar-refractivity contribution in [3.63, 3.8) is 0 Å². The number of carbonyl (C=O) groups is 2. The fourth-order valence-corrected chi connectivity index (χ4v) is 1.64. The molecule has 0 aliphatic carbocycles. The summed E-state index contributed by atoms with van der Waals surface area (Å²) in [7, 11) is 0. The Kier molecular flexibility index (Phi) is 5.23. The molecule has 1 amide bonds. The number of amides is 1. The predicted octanol–water partition coefficient (Wildman–Crippen LogP) is 3.01. The van der Waals surface area contributed by atoms with Gasteiger partial charge < -0.3 is 15.2 Å². The van der Waals surface area contributed by atoms with E-state index in [1.807, 2.05) is 0 Å². The highest BCUT2D eigenvalue weighted by Gasteiger charge is 2.24. The molecule has 0 unspecified atom stereocenters. The number of carboxylic acid groups (broad SMARTS) is 1. The van der Waals surface area contributed by atoms with Crippen LogP contribution < -0.4 is 5.32 Å². The van der Waals surface area contributed by atoms with Crippen LogP contribution in [0.1, 0.15) is 38.8 Å². The van der Waals surface area contributed by atoms with E-state index in [4.69, 9.17) is 9.84 Å². The first-order valence-electron chi connectivity index (χ1n) is 6.25. The van der Waals surface area contributed by atoms with Crippen LogP contribution in [0.2, 0.25) is 0 Å². The van der Waals surface area contributed by atoms with Gasteiger partial charge in [0.05, 0.1) is 12.5 Å². The van der Waals surface area contributed by atoms with Crippen LogP contribution in [0.5, 0.6) is 0 Å². The van der Waals surface area contributed by atoms with Crippen LogP contribution in [0.25, 0.3) is 0 Å². The predicted molar refractivity (Wildman–Crippen MR) is 70.7 cm³/mol. The van der Waals surface area contributed by atoms with Gasteiger partial charge >= 0.3 is 12.1 Å². The summed E-state index contributed by atoms with van der Waals surface area (Å²) < 4.78 is 31.9. The number of nitrogens with one attached hydrogen (secondary N) is 1. The van der Waals surface area contributed by atoms with Crippen molar-refractivity contribution in [3.05, 3.63) is 35.4 Å². The third-order valence-electron chi connectivity index (χ3n) is 2.40. The van der Waals surface area contributed by atoms with E-state index in [0.29, 0.717) is 0 Å². The lowest BCUT2D eigenvalue weighted by Crippen LogP contribution is -2.36. The first-order valence-corrected chi connectivity index (χ1v) is 6.25. The summed E-state index contributed by atoms with van der Waals surface area (Å²) in [5, 5.41) is 11.1. The molecule has 1 aromatic carbocycles. The largest absolute Gasteiger partial charge is 0.481 e. The molecule has 0 saturated carbocycles. The molecule has 0 aromatic heterocycles. The third kappa shape index (κ3) is 5.76. The second-order valence-corrected chi connectivity index (χ2v) is 5.46. The molecule has 1 rings (SSSR count). The zero-order chi connectivity index (χ0) is 16.2. The lowest BCUT2D eigenvalue weighted by molar-refractivity contribution is -0.137. The molecule has 2 N–H and O–H groups in total. The Morgan fingerprint density at radius 2 is 1.95 bits per heavy atom. The fourth-order valence-electron chi connectivity index (χ4n) is 1.64. The summed E-state index contributed by atoms with van der Waals surface area (Å²) in [6.07, 6.45) is -1.50. The third-order valence-corrected chi connectivity index (χ3v) is 2.40. The highest BCUT2D eigenvalue weighted by Crippen LogP contribution is 2.22. The van der Waals surface area contributed by atoms with Crippen molar-refractivity contribution in [2.75, 3.05) is 0 Å². The first kappa shape index (κ1) is 16.9. The lowest BCUT2D eigenvalue weighted by atomic mass is 10.0. The van der Waals surface area contributed by atoms with Crippen LogP contribution in [-0.4, -0.2) is 22.8 Å². The summed E-state index contributed by atoms with van der Waals surface area (Å²) in [5.41, 5.74) is -1.04. The number of carboxylic acids is 1. The van der Waals surface area contributed by atoms with Crippen LogP contribution >= 0.6 is 0 Å². The van der Waals surface area contributed by atoms with Gasteiger partial charge in [0.1, 0.15) is 17.2 Å². The van der Waals surface area contributed by atoms with Gasteiger partial charge in [0, 0.05) is 5.56 Å². The average molecular weight is 301 g/mol. The molecule has 0 fully saturated rings. The van der Waals surface area contributed by atoms with E-state index in [1.165, 1.54) is 0 Å². The van der Waals surface area contributed by atoms with E-state index in [9.17, 15) is 18.4 Å². The fraction of sp³-hybridized carbons (Fsp3) is 0.429. The van der Waals surface area contributed by atoms with E-state index in [-0.39, 0.29) is 5.56 Å². The van der Waals surface area contributed by atoms with Crippen LogP contribution in [0.3, 0.4) is 0 Å². The van der Waals surface area contributed by atoms with Gasteiger partial charge in [0.2, 0.25) is 0 Å². The van der Waals surface area contributed by atoms with Gasteiger partial charge in [-0.05, 0) is 39.0 Å². The molecule has 0 aliphatic rings. The Labute approximate surface area is 120 Å². The molecule has 0 aliphatic heterocycles. The number of benzene rings is 1. The van der Waals surface area contributed by atoms with E-state index < -0.39 is 41.8 Å². The number of aliphatic carboxylic acids is 1. The Balaban J connectivity index is 2.98. The SMILES string of the molecule is CC(C)(C)OC(=O)N[C@@H](CC(=O)O)c1cc(F)ccc1F. The minimum atomic E-state index is -1.26. The minimum Gasteiger partial charge on any atom is -0.481 e. The molecule has 21 heavy (non-hydrogen) atoms. The monoisotopic (exact) mass is 301 g/mol. The van der Waals surface area contributed by atoms with Crippen LogP contribution in [-0.2, 0) is 9.53 Å². The molecule has 1 atom stereocenters. The maximum Gasteiger partial charge on any atom is 0.408 e. The van der Waals surface area contributed by atoms with Crippen molar-refractivity contribution in [1.29, 1.82) is 0 Å². The average Bonchev–Trinajstić information content (AvgIpc) is 2.28. The molecule has 0 heterocycles.